The molecule has 0 aliphatic carbocycles. The molecule has 0 amide bonds. The topological polar surface area (TPSA) is 56.7 Å². The zero-order valence-electron chi connectivity index (χ0n) is 49.5. The molecule has 0 unspecified atom stereocenters. The van der Waals surface area contributed by atoms with Crippen LogP contribution in [0, 0.1) is 12.1 Å². The summed E-state index contributed by atoms with van der Waals surface area (Å²) in [6.07, 6.45) is 1.81. The van der Waals surface area contributed by atoms with E-state index in [-0.39, 0.29) is 42.8 Å². The molecule has 0 bridgehead atoms. The zero-order valence-corrected chi connectivity index (χ0v) is 51.9. The van der Waals surface area contributed by atoms with Gasteiger partial charge in [0.1, 0.15) is 5.58 Å². The maximum atomic E-state index is 7.14. The Hall–Kier alpha value is -7.50. The van der Waals surface area contributed by atoms with Gasteiger partial charge in [0.15, 0.2) is 0 Å². The number of furan rings is 1. The zero-order chi connectivity index (χ0) is 56.4. The van der Waals surface area contributed by atoms with Gasteiger partial charge in [-0.05, 0) is 138 Å². The van der Waals surface area contributed by atoms with E-state index in [1.807, 2.05) is 36.5 Å². The van der Waals surface area contributed by atoms with Crippen LogP contribution in [0.4, 0.5) is 0 Å². The maximum absolute atomic E-state index is 7.14. The number of benzene rings is 9. The largest absolute Gasteiger partial charge is 0.501 e. The van der Waals surface area contributed by atoms with Crippen molar-refractivity contribution < 1.29 is 24.5 Å². The van der Waals surface area contributed by atoms with Gasteiger partial charge < -0.3 is 8.98 Å². The van der Waals surface area contributed by atoms with E-state index in [1.54, 1.807) is 0 Å². The van der Waals surface area contributed by atoms with E-state index in [2.05, 4.69) is 257 Å². The second-order valence-electron chi connectivity index (χ2n) is 25.1. The molecule has 3 heterocycles. The van der Waals surface area contributed by atoms with Gasteiger partial charge in [-0.1, -0.05) is 199 Å². The molecule has 0 saturated carbocycles. The van der Waals surface area contributed by atoms with E-state index < -0.39 is 0 Å². The number of aromatic nitrogens is 4. The molecular weight excluding hydrogens is 1170 g/mol. The van der Waals surface area contributed by atoms with Crippen molar-refractivity contribution in [2.75, 3.05) is 0 Å². The van der Waals surface area contributed by atoms with Crippen LogP contribution in [0.2, 0.25) is 0 Å². The van der Waals surface area contributed by atoms with E-state index in [0.29, 0.717) is 11.8 Å². The molecule has 0 spiro atoms. The summed E-state index contributed by atoms with van der Waals surface area (Å²) in [5.41, 5.74) is 19.2. The van der Waals surface area contributed by atoms with Crippen LogP contribution in [-0.2, 0) is 30.9 Å². The number of nitrogens with zero attached hydrogens (tertiary/aromatic N) is 4. The van der Waals surface area contributed by atoms with Gasteiger partial charge in [0.2, 0.25) is 0 Å². The van der Waals surface area contributed by atoms with Gasteiger partial charge in [-0.25, -0.2) is 0 Å². The minimum Gasteiger partial charge on any atom is -0.501 e. The van der Waals surface area contributed by atoms with E-state index in [9.17, 15) is 0 Å². The van der Waals surface area contributed by atoms with Crippen LogP contribution in [0.15, 0.2) is 174 Å². The smallest absolute Gasteiger partial charge is 0.121 e. The Labute approximate surface area is 493 Å². The Morgan fingerprint density at radius 1 is 0.519 bits per heavy atom. The first kappa shape index (κ1) is 56.8. The average molecular weight is 1240 g/mol. The first-order valence-electron chi connectivity index (χ1n) is 28.7. The van der Waals surface area contributed by atoms with Crippen LogP contribution in [0.5, 0.6) is 0 Å². The Balaban J connectivity index is 0.000000373. The molecule has 0 atom stereocenters. The van der Waals surface area contributed by atoms with Crippen molar-refractivity contribution in [3.63, 3.8) is 0 Å². The monoisotopic (exact) mass is 1240 g/mol. The predicted octanol–water partition coefficient (Wildman–Crippen LogP) is 21.1. The van der Waals surface area contributed by atoms with Gasteiger partial charge in [0.05, 0.1) is 28.3 Å². The molecule has 3 aromatic heterocycles. The molecule has 6 heteroatoms. The SMILES string of the molecule is CC(C)(C)c1ccnc(-c2[c-]cccc2)n1.CC(C)c1cc(-c2ccc(-c3cc(C(C)C)c(-n4c(-c5[c-]cc(C(C)(C)C)c6c5oc5cc7c(ccc8ccccc87)cc56)nc5ccccc54)c(C(C)C)c3)cc2)cc(C(C)C)c1.[Ir]. The summed E-state index contributed by atoms with van der Waals surface area (Å²) < 4.78 is 9.56. The maximum Gasteiger partial charge on any atom is 0.121 e. The summed E-state index contributed by atoms with van der Waals surface area (Å²) in [5, 5.41) is 7.10. The van der Waals surface area contributed by atoms with Crippen LogP contribution in [0.1, 0.15) is 154 Å². The number of hydrogen-bond acceptors (Lipinski definition) is 4. The van der Waals surface area contributed by atoms with Gasteiger partial charge in [0.25, 0.3) is 0 Å². The number of fused-ring (bicyclic) bond motifs is 7. The Morgan fingerprint density at radius 2 is 1.14 bits per heavy atom. The normalized spacial score (nSPS) is 12.2. The molecule has 81 heavy (non-hydrogen) atoms. The number of hydrogen-bond donors (Lipinski definition) is 0. The van der Waals surface area contributed by atoms with Crippen molar-refractivity contribution in [3.8, 4) is 50.7 Å². The summed E-state index contributed by atoms with van der Waals surface area (Å²) in [6.45, 7) is 31.7. The summed E-state index contributed by atoms with van der Waals surface area (Å²) in [7, 11) is 0. The van der Waals surface area contributed by atoms with Crippen molar-refractivity contribution in [1.82, 2.24) is 19.5 Å². The second kappa shape index (κ2) is 22.4. The van der Waals surface area contributed by atoms with Crippen LogP contribution in [0.25, 0.3) is 105 Å². The fourth-order valence-electron chi connectivity index (χ4n) is 11.3. The third-order valence-corrected chi connectivity index (χ3v) is 15.9. The predicted molar refractivity (Wildman–Crippen MR) is 339 cm³/mol. The molecule has 12 rings (SSSR count). The third kappa shape index (κ3) is 11.1. The molecular formula is C75H74IrN4O-2. The number of rotatable bonds is 9. The van der Waals surface area contributed by atoms with E-state index in [1.165, 1.54) is 77.3 Å². The van der Waals surface area contributed by atoms with E-state index in [4.69, 9.17) is 9.40 Å². The Bertz CT molecular complexity index is 4200. The van der Waals surface area contributed by atoms with Crippen LogP contribution >= 0.6 is 0 Å². The van der Waals surface area contributed by atoms with Crippen LogP contribution in [0.3, 0.4) is 0 Å². The molecule has 1 radical (unpaired) electrons. The molecule has 411 valence electrons. The fraction of sp³-hybridized carbons (Fsp3) is 0.267. The van der Waals surface area contributed by atoms with Gasteiger partial charge in [0, 0.05) is 48.5 Å². The van der Waals surface area contributed by atoms with E-state index in [0.717, 1.165) is 61.4 Å². The van der Waals surface area contributed by atoms with Crippen LogP contribution < -0.4 is 0 Å². The third-order valence-electron chi connectivity index (χ3n) is 15.9. The van der Waals surface area contributed by atoms with Gasteiger partial charge in [-0.3, -0.25) is 15.0 Å². The quantitative estimate of drug-likeness (QED) is 0.107. The minimum atomic E-state index is -0.151. The molecule has 0 aliphatic rings. The molecule has 9 aromatic carbocycles. The van der Waals surface area contributed by atoms with Gasteiger partial charge in [-0.2, -0.15) is 0 Å². The molecule has 0 fully saturated rings. The van der Waals surface area contributed by atoms with E-state index >= 15 is 0 Å². The number of imidazole rings is 1. The summed E-state index contributed by atoms with van der Waals surface area (Å²) in [5.74, 6) is 2.99. The molecule has 0 saturated heterocycles. The molecule has 0 N–H and O–H groups in total. The summed E-state index contributed by atoms with van der Waals surface area (Å²) >= 11 is 0. The summed E-state index contributed by atoms with van der Waals surface area (Å²) in [4.78, 5) is 14.3. The Kier molecular flexibility index (Phi) is 15.7. The first-order valence-corrected chi connectivity index (χ1v) is 28.7. The second-order valence-corrected chi connectivity index (χ2v) is 25.1. The fourth-order valence-corrected chi connectivity index (χ4v) is 11.3. The standard InChI is InChI=1S/C61H59N2O.C14H15N2.Ir/c1-35(2)43-28-44(36(3)4)30-45(29-43)39-20-22-40(23-21-39)46-32-49(37(5)6)58(50(33-46)38(7)8)63-55-19-15-14-18-54(55)62-60(63)48-26-27-53(61(9,10)11)57-52-31-42-25-24-41-16-12-13-17-47(41)51(42)34-56(52)64-59(48)57;1-14(2,3)12-9-10-15-13(16-12)11-7-5-4-6-8-11;/h12-25,27-38H,1-11H3;4-7,9-10H,1-3H3;/q2*-1;. The van der Waals surface area contributed by atoms with Crippen molar-refractivity contribution >= 4 is 54.5 Å². The summed E-state index contributed by atoms with van der Waals surface area (Å²) in [6, 6.07) is 66.3. The van der Waals surface area contributed by atoms with Gasteiger partial charge in [-0.15, -0.1) is 53.6 Å². The Morgan fingerprint density at radius 3 is 1.75 bits per heavy atom. The minimum absolute atomic E-state index is 0. The van der Waals surface area contributed by atoms with Crippen molar-refractivity contribution in [2.45, 2.75) is 131 Å². The first-order chi connectivity index (χ1) is 38.2. The molecule has 5 nitrogen and oxygen atoms in total. The number of para-hydroxylation sites is 2. The van der Waals surface area contributed by atoms with Gasteiger partial charge >= 0.3 is 0 Å². The molecule has 12 aromatic rings. The van der Waals surface area contributed by atoms with Crippen molar-refractivity contribution in [2.24, 2.45) is 0 Å². The van der Waals surface area contributed by atoms with Crippen molar-refractivity contribution in [3.05, 3.63) is 216 Å². The van der Waals surface area contributed by atoms with Crippen LogP contribution in [-0.4, -0.2) is 19.5 Å². The average Bonchev–Trinajstić information content (AvgIpc) is 4.24. The van der Waals surface area contributed by atoms with Crippen molar-refractivity contribution in [1.29, 1.82) is 0 Å². The molecule has 0 aliphatic heterocycles.